The maximum Gasteiger partial charge on any atom is 0.326 e. The van der Waals surface area contributed by atoms with Gasteiger partial charge in [-0.3, -0.25) is 19.3 Å². The molecule has 1 N–H and O–H groups in total. The van der Waals surface area contributed by atoms with Crippen molar-refractivity contribution in [1.82, 2.24) is 10.2 Å². The molecular weight excluding hydrogens is 379 g/mol. The summed E-state index contributed by atoms with van der Waals surface area (Å²) in [7, 11) is 0. The second-order valence-corrected chi connectivity index (χ2v) is 6.82. The van der Waals surface area contributed by atoms with Crippen LogP contribution < -0.4 is 5.32 Å². The molecule has 0 bridgehead atoms. The number of nitrogens with one attached hydrogen (secondary N) is 1. The number of carbonyl (C=O) groups excluding carboxylic acids is 4. The van der Waals surface area contributed by atoms with E-state index in [4.69, 9.17) is 4.74 Å². The van der Waals surface area contributed by atoms with Crippen molar-refractivity contribution < 1.29 is 28.3 Å². The fourth-order valence-electron chi connectivity index (χ4n) is 3.07. The first-order chi connectivity index (χ1) is 13.7. The average Bonchev–Trinajstić information content (AvgIpc) is 2.92. The van der Waals surface area contributed by atoms with Crippen molar-refractivity contribution in [1.29, 1.82) is 0 Å². The number of nitrogens with zero attached hydrogens (tertiary/aromatic N) is 1. The van der Waals surface area contributed by atoms with Gasteiger partial charge in [0.2, 0.25) is 5.78 Å². The van der Waals surface area contributed by atoms with Crippen molar-refractivity contribution in [2.24, 2.45) is 0 Å². The number of rotatable bonds is 6. The van der Waals surface area contributed by atoms with Crippen LogP contribution in [0.4, 0.5) is 9.18 Å². The molecule has 150 valence electrons. The lowest BCUT2D eigenvalue weighted by Crippen LogP contribution is -2.42. The number of ketones is 1. The molecule has 0 saturated carbocycles. The molecule has 0 radical (unpaired) electrons. The zero-order valence-electron chi connectivity index (χ0n) is 15.8. The lowest BCUT2D eigenvalue weighted by atomic mass is 9.92. The first-order valence-corrected chi connectivity index (χ1v) is 8.91. The number of halogens is 1. The van der Waals surface area contributed by atoms with Gasteiger partial charge < -0.3 is 10.1 Å². The number of Topliss-reactive ketones (excluding diaryl/α,β-unsaturated/α-hetero) is 1. The summed E-state index contributed by atoms with van der Waals surface area (Å²) in [5, 5.41) is 2.59. The summed E-state index contributed by atoms with van der Waals surface area (Å²) in [6, 6.07) is 12.7. The molecule has 1 aliphatic rings. The standard InChI is InChI=1S/C21H19FN2O5/c1-13(18(26)14-8-10-16(22)11-9-14)29-17(25)12-24-19(27)21(2,23-20(24)28)15-6-4-3-5-7-15/h3-11,13H,12H2,1-2H3,(H,23,28)/t13-,21+/m1/s1. The number of urea groups is 1. The summed E-state index contributed by atoms with van der Waals surface area (Å²) in [5.74, 6) is -2.52. The van der Waals surface area contributed by atoms with E-state index in [-0.39, 0.29) is 5.56 Å². The van der Waals surface area contributed by atoms with Crippen molar-refractivity contribution in [2.45, 2.75) is 25.5 Å². The molecule has 0 spiro atoms. The number of esters is 1. The molecule has 1 aliphatic heterocycles. The number of carbonyl (C=O) groups is 4. The Morgan fingerprint density at radius 1 is 1.10 bits per heavy atom. The Morgan fingerprint density at radius 3 is 2.34 bits per heavy atom. The van der Waals surface area contributed by atoms with Gasteiger partial charge in [0, 0.05) is 5.56 Å². The van der Waals surface area contributed by atoms with Crippen LogP contribution >= 0.6 is 0 Å². The van der Waals surface area contributed by atoms with Gasteiger partial charge in [-0.2, -0.15) is 0 Å². The molecule has 3 amide bonds. The van der Waals surface area contributed by atoms with Crippen molar-refractivity contribution in [3.05, 3.63) is 71.5 Å². The number of benzene rings is 2. The summed E-state index contributed by atoms with van der Waals surface area (Å²) >= 11 is 0. The van der Waals surface area contributed by atoms with Gasteiger partial charge in [-0.25, -0.2) is 9.18 Å². The van der Waals surface area contributed by atoms with Gasteiger partial charge in [0.05, 0.1) is 0 Å². The van der Waals surface area contributed by atoms with E-state index in [2.05, 4.69) is 5.32 Å². The molecule has 2 atom stereocenters. The van der Waals surface area contributed by atoms with E-state index in [0.717, 1.165) is 17.0 Å². The molecule has 2 aromatic carbocycles. The second kappa shape index (κ2) is 7.83. The first-order valence-electron chi connectivity index (χ1n) is 8.91. The molecule has 0 aromatic heterocycles. The van der Waals surface area contributed by atoms with Gasteiger partial charge in [-0.1, -0.05) is 30.3 Å². The summed E-state index contributed by atoms with van der Waals surface area (Å²) in [4.78, 5) is 50.3. The Labute approximate surface area is 166 Å². The van der Waals surface area contributed by atoms with Crippen molar-refractivity contribution in [2.75, 3.05) is 6.54 Å². The van der Waals surface area contributed by atoms with Crippen LogP contribution in [-0.4, -0.2) is 41.2 Å². The topological polar surface area (TPSA) is 92.8 Å². The van der Waals surface area contributed by atoms with Crippen LogP contribution in [-0.2, 0) is 19.9 Å². The SMILES string of the molecule is C[C@@H](OC(=O)CN1C(=O)N[C@@](C)(c2ccccc2)C1=O)C(=O)c1ccc(F)cc1. The van der Waals surface area contributed by atoms with Crippen LogP contribution in [0.25, 0.3) is 0 Å². The maximum atomic E-state index is 13.0. The first kappa shape index (κ1) is 20.2. The number of hydrogen-bond donors (Lipinski definition) is 1. The minimum atomic E-state index is -1.30. The van der Waals surface area contributed by atoms with E-state index >= 15 is 0 Å². The fraction of sp³-hybridized carbons (Fsp3) is 0.238. The number of hydrogen-bond acceptors (Lipinski definition) is 5. The summed E-state index contributed by atoms with van der Waals surface area (Å²) < 4.78 is 18.0. The highest BCUT2D eigenvalue weighted by atomic mass is 19.1. The van der Waals surface area contributed by atoms with E-state index in [1.165, 1.54) is 19.1 Å². The Bertz CT molecular complexity index is 961. The van der Waals surface area contributed by atoms with Crippen LogP contribution in [0.1, 0.15) is 29.8 Å². The lowest BCUT2D eigenvalue weighted by Gasteiger charge is -2.22. The largest absolute Gasteiger partial charge is 0.453 e. The van der Waals surface area contributed by atoms with Gasteiger partial charge in [0.25, 0.3) is 5.91 Å². The number of imide groups is 1. The summed E-state index contributed by atoms with van der Waals surface area (Å²) in [6.45, 7) is 2.28. The maximum absolute atomic E-state index is 13.0. The minimum Gasteiger partial charge on any atom is -0.453 e. The number of amides is 3. The smallest absolute Gasteiger partial charge is 0.326 e. The molecular formula is C21H19FN2O5. The van der Waals surface area contributed by atoms with Gasteiger partial charge in [0.1, 0.15) is 17.9 Å². The van der Waals surface area contributed by atoms with Crippen LogP contribution in [0.3, 0.4) is 0 Å². The lowest BCUT2D eigenvalue weighted by molar-refractivity contribution is -0.149. The number of ether oxygens (including phenoxy) is 1. The summed E-state index contributed by atoms with van der Waals surface area (Å²) in [5.41, 5.74) is -0.541. The highest BCUT2D eigenvalue weighted by Crippen LogP contribution is 2.28. The molecule has 1 saturated heterocycles. The van der Waals surface area contributed by atoms with E-state index in [9.17, 15) is 23.6 Å². The highest BCUT2D eigenvalue weighted by Gasteiger charge is 2.49. The predicted octanol–water partition coefficient (Wildman–Crippen LogP) is 2.41. The molecule has 29 heavy (non-hydrogen) atoms. The molecule has 8 heteroatoms. The third-order valence-electron chi connectivity index (χ3n) is 4.72. The van der Waals surface area contributed by atoms with E-state index in [0.29, 0.717) is 5.56 Å². The molecule has 0 aliphatic carbocycles. The highest BCUT2D eigenvalue weighted by molar-refractivity contribution is 6.09. The van der Waals surface area contributed by atoms with Crippen LogP contribution in [0.2, 0.25) is 0 Å². The van der Waals surface area contributed by atoms with Crippen molar-refractivity contribution >= 4 is 23.7 Å². The molecule has 0 unspecified atom stereocenters. The Balaban J connectivity index is 1.66. The second-order valence-electron chi connectivity index (χ2n) is 6.82. The molecule has 3 rings (SSSR count). The van der Waals surface area contributed by atoms with E-state index in [1.807, 2.05) is 0 Å². The molecule has 1 fully saturated rings. The zero-order chi connectivity index (χ0) is 21.2. The third kappa shape index (κ3) is 4.01. The molecule has 7 nitrogen and oxygen atoms in total. The Kier molecular flexibility index (Phi) is 5.45. The molecule has 2 aromatic rings. The van der Waals surface area contributed by atoms with Gasteiger partial charge in [-0.15, -0.1) is 0 Å². The van der Waals surface area contributed by atoms with Crippen LogP contribution in [0.15, 0.2) is 54.6 Å². The van der Waals surface area contributed by atoms with Gasteiger partial charge in [0.15, 0.2) is 6.10 Å². The predicted molar refractivity (Wildman–Crippen MR) is 100 cm³/mol. The molecule has 1 heterocycles. The van der Waals surface area contributed by atoms with Crippen molar-refractivity contribution in [3.8, 4) is 0 Å². The fourth-order valence-corrected chi connectivity index (χ4v) is 3.07. The normalized spacial score (nSPS) is 19.6. The van der Waals surface area contributed by atoms with Crippen LogP contribution in [0.5, 0.6) is 0 Å². The minimum absolute atomic E-state index is 0.179. The van der Waals surface area contributed by atoms with Gasteiger partial charge >= 0.3 is 12.0 Å². The third-order valence-corrected chi connectivity index (χ3v) is 4.72. The van der Waals surface area contributed by atoms with Crippen LogP contribution in [0, 0.1) is 5.82 Å². The Morgan fingerprint density at radius 2 is 1.72 bits per heavy atom. The average molecular weight is 398 g/mol. The Hall–Kier alpha value is -3.55. The van der Waals surface area contributed by atoms with Crippen molar-refractivity contribution in [3.63, 3.8) is 0 Å². The van der Waals surface area contributed by atoms with E-state index < -0.39 is 47.7 Å². The monoisotopic (exact) mass is 398 g/mol. The summed E-state index contributed by atoms with van der Waals surface area (Å²) in [6.07, 6.45) is -1.16. The van der Waals surface area contributed by atoms with Gasteiger partial charge in [-0.05, 0) is 43.7 Å². The zero-order valence-corrected chi connectivity index (χ0v) is 15.8. The quantitative estimate of drug-likeness (QED) is 0.458. The van der Waals surface area contributed by atoms with E-state index in [1.54, 1.807) is 37.3 Å².